The number of rotatable bonds is 4. The fraction of sp³-hybridized carbons (Fsp3) is 0.250. The first-order chi connectivity index (χ1) is 10.2. The van der Waals surface area contributed by atoms with Crippen LogP contribution in [-0.4, -0.2) is 24.7 Å². The van der Waals surface area contributed by atoms with Crippen LogP contribution < -0.4 is 0 Å². The Labute approximate surface area is 123 Å². The van der Waals surface area contributed by atoms with Crippen molar-refractivity contribution < 1.29 is 5.11 Å². The number of aryl methyl sites for hydroxylation is 2. The molecule has 3 rings (SSSR count). The molecule has 0 spiro atoms. The lowest BCUT2D eigenvalue weighted by molar-refractivity contribution is 0.281. The van der Waals surface area contributed by atoms with Gasteiger partial charge in [-0.1, -0.05) is 24.3 Å². The third-order valence-electron chi connectivity index (χ3n) is 3.49. The van der Waals surface area contributed by atoms with E-state index in [9.17, 15) is 0 Å². The molecule has 0 aliphatic carbocycles. The third-order valence-corrected chi connectivity index (χ3v) is 3.49. The number of aliphatic hydroxyl groups excluding tert-OH is 1. The topological polar surface area (TPSA) is 55.9 Å². The Morgan fingerprint density at radius 3 is 2.43 bits per heavy atom. The molecule has 0 unspecified atom stereocenters. The van der Waals surface area contributed by atoms with Crippen molar-refractivity contribution in [1.29, 1.82) is 0 Å². The largest absolute Gasteiger partial charge is 0.392 e. The zero-order chi connectivity index (χ0) is 14.8. The molecule has 1 N–H and O–H groups in total. The third kappa shape index (κ3) is 2.87. The lowest BCUT2D eigenvalue weighted by Crippen LogP contribution is -1.99. The highest BCUT2D eigenvalue weighted by Gasteiger charge is 2.06. The maximum atomic E-state index is 9.05. The predicted octanol–water partition coefficient (Wildman–Crippen LogP) is 2.13. The first kappa shape index (κ1) is 13.6. The summed E-state index contributed by atoms with van der Waals surface area (Å²) in [5.74, 6) is 0. The Morgan fingerprint density at radius 2 is 1.86 bits per heavy atom. The summed E-state index contributed by atoms with van der Waals surface area (Å²) >= 11 is 0. The summed E-state index contributed by atoms with van der Waals surface area (Å²) in [5, 5.41) is 17.6. The summed E-state index contributed by atoms with van der Waals surface area (Å²) in [4.78, 5) is 0. The highest BCUT2D eigenvalue weighted by Crippen LogP contribution is 2.22. The van der Waals surface area contributed by atoms with E-state index in [0.717, 1.165) is 16.8 Å². The van der Waals surface area contributed by atoms with Gasteiger partial charge in [0.25, 0.3) is 0 Å². The Hall–Kier alpha value is -2.40. The number of aliphatic hydroxyl groups is 1. The Balaban J connectivity index is 1.79. The van der Waals surface area contributed by atoms with E-state index in [2.05, 4.69) is 34.5 Å². The van der Waals surface area contributed by atoms with Gasteiger partial charge in [0.05, 0.1) is 25.0 Å². The van der Waals surface area contributed by atoms with Gasteiger partial charge in [0.1, 0.15) is 0 Å². The molecule has 0 aliphatic rings. The van der Waals surface area contributed by atoms with E-state index in [4.69, 9.17) is 5.11 Å². The summed E-state index contributed by atoms with van der Waals surface area (Å²) in [6, 6.07) is 8.41. The second-order valence-corrected chi connectivity index (χ2v) is 5.20. The lowest BCUT2D eigenvalue weighted by Gasteiger charge is -2.04. The molecule has 0 fully saturated rings. The zero-order valence-corrected chi connectivity index (χ0v) is 12.2. The maximum Gasteiger partial charge on any atom is 0.0712 e. The number of nitrogens with zero attached hydrogens (tertiary/aromatic N) is 4. The Bertz CT molecular complexity index is 740. The van der Waals surface area contributed by atoms with Gasteiger partial charge in [-0.25, -0.2) is 0 Å². The SMILES string of the molecule is Cc1nn(C)cc1-c1ccc(Cn2cc(CO)cn2)cc1. The molecule has 5 nitrogen and oxygen atoms in total. The van der Waals surface area contributed by atoms with Gasteiger partial charge in [0, 0.05) is 30.6 Å². The van der Waals surface area contributed by atoms with E-state index < -0.39 is 0 Å². The van der Waals surface area contributed by atoms with Crippen LogP contribution in [0.2, 0.25) is 0 Å². The van der Waals surface area contributed by atoms with Crippen molar-refractivity contribution in [2.45, 2.75) is 20.1 Å². The zero-order valence-electron chi connectivity index (χ0n) is 12.2. The van der Waals surface area contributed by atoms with E-state index in [-0.39, 0.29) is 6.61 Å². The van der Waals surface area contributed by atoms with Gasteiger partial charge in [-0.2, -0.15) is 10.2 Å². The monoisotopic (exact) mass is 282 g/mol. The molecule has 0 saturated heterocycles. The van der Waals surface area contributed by atoms with Crippen LogP contribution >= 0.6 is 0 Å². The maximum absolute atomic E-state index is 9.05. The minimum absolute atomic E-state index is 0.0270. The minimum atomic E-state index is 0.0270. The molecule has 108 valence electrons. The second-order valence-electron chi connectivity index (χ2n) is 5.20. The number of hydrogen-bond acceptors (Lipinski definition) is 3. The van der Waals surface area contributed by atoms with Gasteiger partial charge in [-0.05, 0) is 18.1 Å². The normalized spacial score (nSPS) is 11.0. The van der Waals surface area contributed by atoms with Crippen molar-refractivity contribution in [2.24, 2.45) is 7.05 Å². The van der Waals surface area contributed by atoms with E-state index in [0.29, 0.717) is 6.54 Å². The van der Waals surface area contributed by atoms with Gasteiger partial charge in [0.2, 0.25) is 0 Å². The summed E-state index contributed by atoms with van der Waals surface area (Å²) in [6.45, 7) is 2.74. The van der Waals surface area contributed by atoms with Crippen LogP contribution in [0.25, 0.3) is 11.1 Å². The van der Waals surface area contributed by atoms with Crippen LogP contribution in [0.15, 0.2) is 42.9 Å². The highest BCUT2D eigenvalue weighted by atomic mass is 16.3. The van der Waals surface area contributed by atoms with Gasteiger partial charge < -0.3 is 5.11 Å². The molecule has 1 aromatic carbocycles. The van der Waals surface area contributed by atoms with Gasteiger partial charge in [-0.3, -0.25) is 9.36 Å². The van der Waals surface area contributed by atoms with Crippen LogP contribution in [-0.2, 0) is 20.2 Å². The van der Waals surface area contributed by atoms with Crippen molar-refractivity contribution in [2.75, 3.05) is 0 Å². The summed E-state index contributed by atoms with van der Waals surface area (Å²) in [7, 11) is 1.93. The lowest BCUT2D eigenvalue weighted by atomic mass is 10.1. The molecule has 0 radical (unpaired) electrons. The average molecular weight is 282 g/mol. The fourth-order valence-electron chi connectivity index (χ4n) is 2.43. The number of aromatic nitrogens is 4. The van der Waals surface area contributed by atoms with Crippen molar-refractivity contribution in [1.82, 2.24) is 19.6 Å². The molecular formula is C16H18N4O. The molecule has 0 amide bonds. The molecule has 0 bridgehead atoms. The molecule has 21 heavy (non-hydrogen) atoms. The standard InChI is InChI=1S/C16H18N4O/c1-12-16(10-19(2)18-12)15-5-3-13(4-6-15)8-20-9-14(11-21)7-17-20/h3-7,9-10,21H,8,11H2,1-2H3. The second kappa shape index (κ2) is 5.54. The Morgan fingerprint density at radius 1 is 1.10 bits per heavy atom. The average Bonchev–Trinajstić information content (AvgIpc) is 3.06. The molecule has 0 atom stereocenters. The molecular weight excluding hydrogens is 264 g/mol. The molecule has 0 saturated carbocycles. The highest BCUT2D eigenvalue weighted by molar-refractivity contribution is 5.65. The van der Waals surface area contributed by atoms with E-state index >= 15 is 0 Å². The van der Waals surface area contributed by atoms with Crippen molar-refractivity contribution in [3.63, 3.8) is 0 Å². The quantitative estimate of drug-likeness (QED) is 0.797. The smallest absolute Gasteiger partial charge is 0.0712 e. The fourth-order valence-corrected chi connectivity index (χ4v) is 2.43. The van der Waals surface area contributed by atoms with Crippen LogP contribution in [0.4, 0.5) is 0 Å². The van der Waals surface area contributed by atoms with Crippen LogP contribution in [0.1, 0.15) is 16.8 Å². The number of benzene rings is 1. The van der Waals surface area contributed by atoms with Crippen LogP contribution in [0.3, 0.4) is 0 Å². The molecule has 2 aromatic heterocycles. The van der Waals surface area contributed by atoms with Gasteiger partial charge >= 0.3 is 0 Å². The summed E-state index contributed by atoms with van der Waals surface area (Å²) in [6.07, 6.45) is 5.58. The van der Waals surface area contributed by atoms with E-state index in [1.807, 2.05) is 35.7 Å². The van der Waals surface area contributed by atoms with Crippen molar-refractivity contribution in [3.05, 3.63) is 59.7 Å². The predicted molar refractivity (Wildman–Crippen MR) is 80.6 cm³/mol. The summed E-state index contributed by atoms with van der Waals surface area (Å²) in [5.41, 5.74) is 5.36. The summed E-state index contributed by atoms with van der Waals surface area (Å²) < 4.78 is 3.66. The van der Waals surface area contributed by atoms with Crippen molar-refractivity contribution in [3.8, 4) is 11.1 Å². The van der Waals surface area contributed by atoms with E-state index in [1.165, 1.54) is 11.1 Å². The van der Waals surface area contributed by atoms with Crippen LogP contribution in [0.5, 0.6) is 0 Å². The van der Waals surface area contributed by atoms with Crippen LogP contribution in [0, 0.1) is 6.92 Å². The minimum Gasteiger partial charge on any atom is -0.392 e. The molecule has 0 aliphatic heterocycles. The number of hydrogen-bond donors (Lipinski definition) is 1. The van der Waals surface area contributed by atoms with Gasteiger partial charge in [0.15, 0.2) is 0 Å². The first-order valence-electron chi connectivity index (χ1n) is 6.87. The Kier molecular flexibility index (Phi) is 3.58. The van der Waals surface area contributed by atoms with E-state index in [1.54, 1.807) is 6.20 Å². The molecule has 5 heteroatoms. The first-order valence-corrected chi connectivity index (χ1v) is 6.87. The molecule has 3 aromatic rings. The molecule has 2 heterocycles. The van der Waals surface area contributed by atoms with Gasteiger partial charge in [-0.15, -0.1) is 0 Å². The van der Waals surface area contributed by atoms with Crippen molar-refractivity contribution >= 4 is 0 Å².